The average molecular weight is 409 g/mol. The number of aromatic nitrogens is 2. The van der Waals surface area contributed by atoms with Crippen LogP contribution in [0.3, 0.4) is 0 Å². The Bertz CT molecular complexity index is 948. The summed E-state index contributed by atoms with van der Waals surface area (Å²) < 4.78 is 5.52. The van der Waals surface area contributed by atoms with E-state index in [-0.39, 0.29) is 18.1 Å². The van der Waals surface area contributed by atoms with Crippen LogP contribution in [0.15, 0.2) is 24.4 Å². The van der Waals surface area contributed by atoms with Crippen LogP contribution in [0.4, 0.5) is 10.5 Å². The molecule has 1 aromatic carbocycles. The Balaban J connectivity index is 1.23. The number of hydrogen-bond acceptors (Lipinski definition) is 4. The SMILES string of the molecule is O=C(CC1CCCC1)NCC1CN(c2ccc3c(c2)CCCc2cn[nH]c2-3)C(=O)O1. The highest BCUT2D eigenvalue weighted by Gasteiger charge is 2.33. The molecule has 0 bridgehead atoms. The number of hydrogen-bond donors (Lipinski definition) is 2. The molecule has 1 atom stereocenters. The summed E-state index contributed by atoms with van der Waals surface area (Å²) in [5, 5.41) is 10.3. The fourth-order valence-electron chi connectivity index (χ4n) is 5.02. The Morgan fingerprint density at radius 2 is 2.03 bits per heavy atom. The second kappa shape index (κ2) is 8.13. The van der Waals surface area contributed by atoms with Crippen LogP contribution in [0.1, 0.15) is 49.7 Å². The van der Waals surface area contributed by atoms with E-state index in [1.165, 1.54) is 24.0 Å². The van der Waals surface area contributed by atoms with Crippen molar-refractivity contribution in [2.24, 2.45) is 5.92 Å². The van der Waals surface area contributed by atoms with Crippen molar-refractivity contribution in [1.29, 1.82) is 0 Å². The van der Waals surface area contributed by atoms with Gasteiger partial charge in [0.05, 0.1) is 25.0 Å². The van der Waals surface area contributed by atoms with Crippen LogP contribution in [0.5, 0.6) is 0 Å². The van der Waals surface area contributed by atoms with Crippen LogP contribution < -0.4 is 10.2 Å². The lowest BCUT2D eigenvalue weighted by molar-refractivity contribution is -0.122. The third-order valence-electron chi connectivity index (χ3n) is 6.63. The summed E-state index contributed by atoms with van der Waals surface area (Å²) in [6, 6.07) is 6.13. The maximum Gasteiger partial charge on any atom is 0.414 e. The molecule has 1 aromatic heterocycles. The molecule has 5 rings (SSSR count). The van der Waals surface area contributed by atoms with E-state index in [1.54, 1.807) is 4.90 Å². The predicted octanol–water partition coefficient (Wildman–Crippen LogP) is 3.59. The van der Waals surface area contributed by atoms with Crippen molar-refractivity contribution in [2.45, 2.75) is 57.5 Å². The first-order valence-corrected chi connectivity index (χ1v) is 11.1. The highest BCUT2D eigenvalue weighted by atomic mass is 16.6. The first-order valence-electron chi connectivity index (χ1n) is 11.1. The van der Waals surface area contributed by atoms with Gasteiger partial charge in [0.2, 0.25) is 5.91 Å². The first-order chi connectivity index (χ1) is 14.7. The van der Waals surface area contributed by atoms with E-state index in [1.807, 2.05) is 12.3 Å². The maximum absolute atomic E-state index is 12.5. The molecule has 1 unspecified atom stereocenters. The summed E-state index contributed by atoms with van der Waals surface area (Å²) in [6.07, 6.45) is 9.62. The lowest BCUT2D eigenvalue weighted by atomic mass is 10.0. The zero-order valence-corrected chi connectivity index (χ0v) is 17.2. The molecule has 2 aliphatic carbocycles. The number of aryl methyl sites for hydroxylation is 2. The smallest absolute Gasteiger partial charge is 0.414 e. The number of carbonyl (C=O) groups excluding carboxylic acids is 2. The number of H-pyrrole nitrogens is 1. The van der Waals surface area contributed by atoms with Crippen LogP contribution in [0.2, 0.25) is 0 Å². The van der Waals surface area contributed by atoms with Gasteiger partial charge in [0.15, 0.2) is 0 Å². The van der Waals surface area contributed by atoms with Gasteiger partial charge in [-0.05, 0) is 61.3 Å². The summed E-state index contributed by atoms with van der Waals surface area (Å²) in [6.45, 7) is 0.826. The Labute approximate surface area is 176 Å². The van der Waals surface area contributed by atoms with Crippen molar-refractivity contribution < 1.29 is 14.3 Å². The summed E-state index contributed by atoms with van der Waals surface area (Å²) in [5.74, 6) is 0.583. The monoisotopic (exact) mass is 408 g/mol. The number of nitrogens with one attached hydrogen (secondary N) is 2. The number of ether oxygens (including phenoxy) is 1. The van der Waals surface area contributed by atoms with E-state index in [2.05, 4.69) is 27.6 Å². The van der Waals surface area contributed by atoms with E-state index in [4.69, 9.17) is 4.74 Å². The van der Waals surface area contributed by atoms with Gasteiger partial charge in [-0.25, -0.2) is 4.79 Å². The van der Waals surface area contributed by atoms with Crippen molar-refractivity contribution >= 4 is 17.7 Å². The molecular formula is C23H28N4O3. The number of nitrogens with zero attached hydrogens (tertiary/aromatic N) is 2. The third-order valence-corrected chi connectivity index (χ3v) is 6.63. The minimum absolute atomic E-state index is 0.0665. The van der Waals surface area contributed by atoms with E-state index in [0.29, 0.717) is 25.4 Å². The average Bonchev–Trinajstić information content (AvgIpc) is 3.47. The lowest BCUT2D eigenvalue weighted by Gasteiger charge is -2.16. The molecule has 7 nitrogen and oxygen atoms in total. The lowest BCUT2D eigenvalue weighted by Crippen LogP contribution is -2.35. The molecule has 0 spiro atoms. The number of aromatic amines is 1. The van der Waals surface area contributed by atoms with Gasteiger partial charge in [0.1, 0.15) is 6.10 Å². The van der Waals surface area contributed by atoms with Gasteiger partial charge in [0, 0.05) is 17.7 Å². The molecule has 1 aliphatic heterocycles. The Morgan fingerprint density at radius 1 is 1.20 bits per heavy atom. The molecular weight excluding hydrogens is 380 g/mol. The highest BCUT2D eigenvalue weighted by Crippen LogP contribution is 2.34. The third kappa shape index (κ3) is 3.80. The van der Waals surface area contributed by atoms with E-state index in [0.717, 1.165) is 49.0 Å². The second-order valence-corrected chi connectivity index (χ2v) is 8.74. The van der Waals surface area contributed by atoms with Gasteiger partial charge >= 0.3 is 6.09 Å². The fraction of sp³-hybridized carbons (Fsp3) is 0.522. The van der Waals surface area contributed by atoms with Crippen LogP contribution in [0.25, 0.3) is 11.3 Å². The molecule has 2 fully saturated rings. The molecule has 2 aromatic rings. The Hall–Kier alpha value is -2.83. The summed E-state index contributed by atoms with van der Waals surface area (Å²) in [5.41, 5.74) is 5.56. The summed E-state index contributed by atoms with van der Waals surface area (Å²) in [4.78, 5) is 26.3. The van der Waals surface area contributed by atoms with E-state index < -0.39 is 0 Å². The number of carbonyl (C=O) groups is 2. The van der Waals surface area contributed by atoms with Crippen molar-refractivity contribution in [3.05, 3.63) is 35.5 Å². The van der Waals surface area contributed by atoms with Gasteiger partial charge in [-0.15, -0.1) is 0 Å². The van der Waals surface area contributed by atoms with Gasteiger partial charge in [0.25, 0.3) is 0 Å². The summed E-state index contributed by atoms with van der Waals surface area (Å²) in [7, 11) is 0. The Kier molecular flexibility index (Phi) is 5.19. The predicted molar refractivity (Wildman–Crippen MR) is 113 cm³/mol. The molecule has 1 saturated carbocycles. The largest absolute Gasteiger partial charge is 0.442 e. The topological polar surface area (TPSA) is 87.3 Å². The minimum atomic E-state index is -0.346. The highest BCUT2D eigenvalue weighted by molar-refractivity contribution is 5.90. The Morgan fingerprint density at radius 3 is 2.90 bits per heavy atom. The van der Waals surface area contributed by atoms with E-state index >= 15 is 0 Å². The van der Waals surface area contributed by atoms with Gasteiger partial charge in [-0.3, -0.25) is 14.8 Å². The molecule has 2 amide bonds. The van der Waals surface area contributed by atoms with Crippen LogP contribution in [-0.4, -0.2) is 41.4 Å². The van der Waals surface area contributed by atoms with E-state index in [9.17, 15) is 9.59 Å². The van der Waals surface area contributed by atoms with Crippen molar-refractivity contribution in [1.82, 2.24) is 15.5 Å². The molecule has 158 valence electrons. The molecule has 0 radical (unpaired) electrons. The van der Waals surface area contributed by atoms with Crippen LogP contribution in [-0.2, 0) is 22.4 Å². The standard InChI is InChI=1S/C23H28N4O3/c28-21(10-15-4-1-2-5-15)24-13-19-14-27(23(29)30-19)18-8-9-20-16(11-18)6-3-7-17-12-25-26-22(17)20/h8-9,11-12,15,19H,1-7,10,13-14H2,(H,24,28)(H,25,26). The van der Waals surface area contributed by atoms with Gasteiger partial charge in [-0.2, -0.15) is 5.10 Å². The molecule has 1 saturated heterocycles. The fourth-order valence-corrected chi connectivity index (χ4v) is 5.02. The van der Waals surface area contributed by atoms with Crippen molar-refractivity contribution in [3.63, 3.8) is 0 Å². The number of rotatable bonds is 5. The van der Waals surface area contributed by atoms with Crippen molar-refractivity contribution in [2.75, 3.05) is 18.0 Å². The molecule has 7 heteroatoms. The quantitative estimate of drug-likeness (QED) is 0.792. The van der Waals surface area contributed by atoms with Crippen molar-refractivity contribution in [3.8, 4) is 11.3 Å². The normalized spacial score (nSPS) is 21.1. The minimum Gasteiger partial charge on any atom is -0.442 e. The number of fused-ring (bicyclic) bond motifs is 3. The van der Waals surface area contributed by atoms with Crippen LogP contribution >= 0.6 is 0 Å². The first kappa shape index (κ1) is 19.2. The number of benzene rings is 1. The number of cyclic esters (lactones) is 1. The maximum atomic E-state index is 12.5. The molecule has 2 heterocycles. The molecule has 3 aliphatic rings. The van der Waals surface area contributed by atoms with Gasteiger partial charge < -0.3 is 10.1 Å². The number of amides is 2. The van der Waals surface area contributed by atoms with Gasteiger partial charge in [-0.1, -0.05) is 18.9 Å². The zero-order valence-electron chi connectivity index (χ0n) is 17.2. The number of anilines is 1. The molecule has 30 heavy (non-hydrogen) atoms. The zero-order chi connectivity index (χ0) is 20.5. The second-order valence-electron chi connectivity index (χ2n) is 8.74. The van der Waals surface area contributed by atoms with Crippen LogP contribution in [0, 0.1) is 5.92 Å². The molecule has 2 N–H and O–H groups in total. The summed E-state index contributed by atoms with van der Waals surface area (Å²) >= 11 is 0.